The Morgan fingerprint density at radius 2 is 0.721 bits per heavy atom. The van der Waals surface area contributed by atoms with Gasteiger partial charge in [0.05, 0.1) is 14.3 Å². The number of hydrogen-bond donors (Lipinski definition) is 0. The van der Waals surface area contributed by atoms with Crippen molar-refractivity contribution in [3.05, 3.63) is 60.7 Å². The maximum Gasteiger partial charge on any atom is 0.115 e. The van der Waals surface area contributed by atoms with Crippen LogP contribution in [-0.2, 0) is 18.3 Å². The maximum absolute atomic E-state index is 13.7. The second-order valence-corrected chi connectivity index (χ2v) is 25.2. The summed E-state index contributed by atoms with van der Waals surface area (Å²) in [5.74, 6) is 0. The summed E-state index contributed by atoms with van der Waals surface area (Å²) in [6.07, 6.45) is 12.6. The molecule has 2 aromatic rings. The van der Waals surface area contributed by atoms with Crippen molar-refractivity contribution in [3.63, 3.8) is 0 Å². The molecule has 0 amide bonds. The predicted octanol–water partition coefficient (Wildman–Crippen LogP) is 11.4. The average Bonchev–Trinajstić information content (AvgIpc) is 2.95. The topological polar surface area (TPSA) is 68.3 Å². The second-order valence-electron chi connectivity index (χ2n) is 11.9. The molecule has 0 fully saturated rings. The van der Waals surface area contributed by atoms with Gasteiger partial charge in [0, 0.05) is 59.9 Å². The van der Waals surface area contributed by atoms with Crippen LogP contribution in [0.5, 0.6) is 0 Å². The molecular weight excluding hydrogens is 608 g/mol. The first kappa shape index (κ1) is 44.5. The normalized spacial score (nSPS) is 16.4. The summed E-state index contributed by atoms with van der Waals surface area (Å²) in [7, 11) is -8.80. The van der Waals surface area contributed by atoms with Crippen LogP contribution in [0.1, 0.15) is 87.5 Å². The molecule has 250 valence electrons. The van der Waals surface area contributed by atoms with Crippen molar-refractivity contribution in [3.8, 4) is 0 Å². The van der Waals surface area contributed by atoms with Crippen molar-refractivity contribution in [2.45, 2.75) is 87.5 Å². The van der Waals surface area contributed by atoms with Crippen LogP contribution in [0.2, 0.25) is 0 Å². The van der Waals surface area contributed by atoms with E-state index in [1.807, 2.05) is 87.8 Å². The highest BCUT2D eigenvalue weighted by molar-refractivity contribution is 7.72. The first-order chi connectivity index (χ1) is 19.4. The van der Waals surface area contributed by atoms with E-state index >= 15 is 0 Å². The Hall–Kier alpha value is -0.640. The Morgan fingerprint density at radius 1 is 0.419 bits per heavy atom. The van der Waals surface area contributed by atoms with E-state index in [1.54, 1.807) is 0 Å². The number of benzene rings is 2. The van der Waals surface area contributed by atoms with E-state index < -0.39 is 28.6 Å². The summed E-state index contributed by atoms with van der Waals surface area (Å²) < 4.78 is 51.3. The third-order valence-electron chi connectivity index (χ3n) is 7.68. The van der Waals surface area contributed by atoms with E-state index in [-0.39, 0.29) is 14.9 Å². The quantitative estimate of drug-likeness (QED) is 0.139. The van der Waals surface area contributed by atoms with Gasteiger partial charge >= 0.3 is 0 Å². The van der Waals surface area contributed by atoms with Crippen LogP contribution in [0.25, 0.3) is 0 Å². The molecule has 0 spiro atoms. The van der Waals surface area contributed by atoms with Crippen LogP contribution in [0.15, 0.2) is 60.7 Å². The van der Waals surface area contributed by atoms with Gasteiger partial charge in [0.25, 0.3) is 0 Å². The third-order valence-corrected chi connectivity index (χ3v) is 19.8. The zero-order valence-corrected chi connectivity index (χ0v) is 30.4. The largest absolute Gasteiger partial charge is 0.324 e. The van der Waals surface area contributed by atoms with E-state index in [2.05, 4.69) is 13.8 Å². The maximum atomic E-state index is 13.7. The molecule has 4 nitrogen and oxygen atoms in total. The summed E-state index contributed by atoms with van der Waals surface area (Å²) in [5.41, 5.74) is 0. The zero-order valence-electron chi connectivity index (χ0n) is 26.8. The van der Waals surface area contributed by atoms with Crippen molar-refractivity contribution in [1.82, 2.24) is 0 Å². The van der Waals surface area contributed by atoms with Crippen molar-refractivity contribution < 1.29 is 18.3 Å². The number of hydrogen-bond acceptors (Lipinski definition) is 4. The molecule has 0 radical (unpaired) electrons. The highest BCUT2D eigenvalue weighted by Crippen LogP contribution is 2.51. The van der Waals surface area contributed by atoms with Gasteiger partial charge in [-0.25, -0.2) is 0 Å². The first-order valence-corrected chi connectivity index (χ1v) is 25.0. The molecule has 0 aliphatic carbocycles. The van der Waals surface area contributed by atoms with E-state index in [0.717, 1.165) is 80.2 Å². The molecule has 0 saturated heterocycles. The average molecular weight is 675 g/mol. The molecule has 4 unspecified atom stereocenters. The minimum absolute atomic E-state index is 0. The van der Waals surface area contributed by atoms with Gasteiger partial charge in [-0.05, 0) is 45.4 Å². The lowest BCUT2D eigenvalue weighted by Crippen LogP contribution is -2.15. The second kappa shape index (κ2) is 22.8. The number of rotatable bonds is 19. The fourth-order valence-electron chi connectivity index (χ4n) is 5.14. The standard InChI is InChI=1S/C23H34O2P2.C10H24O2P2.2CH4/c1-3-5-18-26(24,22-14-9-7-10-15-22)20-13-21-27(25,19-6-4-2)23-16-11-8-12-17-23;1-5-7-13(3,11)9-10-14(4,12)8-6-2;;/h7-12,14-17H,3-6,13,18-21H2,1-2H3;5-10H2,1-4H3;2*1H4. The van der Waals surface area contributed by atoms with Crippen LogP contribution in [0.4, 0.5) is 0 Å². The van der Waals surface area contributed by atoms with E-state index in [9.17, 15) is 18.3 Å². The van der Waals surface area contributed by atoms with Crippen LogP contribution < -0.4 is 10.6 Å². The molecular formula is C35H66O4P4. The van der Waals surface area contributed by atoms with Gasteiger partial charge in [-0.1, -0.05) is 116 Å². The smallest absolute Gasteiger partial charge is 0.115 e. The van der Waals surface area contributed by atoms with Crippen molar-refractivity contribution in [2.24, 2.45) is 0 Å². The highest BCUT2D eigenvalue weighted by atomic mass is 31.2. The Kier molecular flexibility index (Phi) is 23.6. The molecule has 2 rings (SSSR count). The molecule has 0 aliphatic heterocycles. The van der Waals surface area contributed by atoms with E-state index in [0.29, 0.717) is 24.6 Å². The molecule has 2 aromatic carbocycles. The van der Waals surface area contributed by atoms with Crippen LogP contribution in [0.3, 0.4) is 0 Å². The van der Waals surface area contributed by atoms with Crippen molar-refractivity contribution in [2.75, 3.05) is 62.6 Å². The lowest BCUT2D eigenvalue weighted by molar-refractivity contribution is 0.571. The lowest BCUT2D eigenvalue weighted by Gasteiger charge is -2.22. The molecule has 8 heteroatoms. The summed E-state index contributed by atoms with van der Waals surface area (Å²) in [4.78, 5) is 0. The van der Waals surface area contributed by atoms with Crippen molar-refractivity contribution in [1.29, 1.82) is 0 Å². The Morgan fingerprint density at radius 3 is 1.00 bits per heavy atom. The summed E-state index contributed by atoms with van der Waals surface area (Å²) in [6.45, 7) is 12.1. The minimum Gasteiger partial charge on any atom is -0.324 e. The van der Waals surface area contributed by atoms with Crippen LogP contribution in [-0.4, -0.2) is 62.6 Å². The molecule has 0 bridgehead atoms. The zero-order chi connectivity index (χ0) is 30.8. The summed E-state index contributed by atoms with van der Waals surface area (Å²) >= 11 is 0. The van der Waals surface area contributed by atoms with Gasteiger partial charge in [-0.3, -0.25) is 0 Å². The van der Waals surface area contributed by atoms with Gasteiger partial charge in [0.1, 0.15) is 14.3 Å². The van der Waals surface area contributed by atoms with E-state index in [4.69, 9.17) is 0 Å². The van der Waals surface area contributed by atoms with Gasteiger partial charge in [0.15, 0.2) is 0 Å². The number of unbranched alkanes of at least 4 members (excludes halogenated alkanes) is 2. The molecule has 4 atom stereocenters. The van der Waals surface area contributed by atoms with Crippen molar-refractivity contribution >= 4 is 39.2 Å². The molecule has 0 aliphatic rings. The fraction of sp³-hybridized carbons (Fsp3) is 0.657. The first-order valence-electron chi connectivity index (χ1n) is 15.8. The third kappa shape index (κ3) is 17.6. The van der Waals surface area contributed by atoms with Gasteiger partial charge in [0.2, 0.25) is 0 Å². The fourth-order valence-corrected chi connectivity index (χ4v) is 17.0. The Balaban J connectivity index is 0. The Labute approximate surface area is 267 Å². The van der Waals surface area contributed by atoms with Gasteiger partial charge in [-0.15, -0.1) is 0 Å². The highest BCUT2D eigenvalue weighted by Gasteiger charge is 2.28. The SMILES string of the molecule is C.C.CCCCP(=O)(CCCP(=O)(CCCC)c1ccccc1)c1ccccc1.CCCP(C)(=O)CCP(C)(=O)CCC. The Bertz CT molecular complexity index is 1070. The molecule has 0 N–H and O–H groups in total. The molecule has 43 heavy (non-hydrogen) atoms. The summed E-state index contributed by atoms with van der Waals surface area (Å²) in [6, 6.07) is 19.9. The van der Waals surface area contributed by atoms with Crippen LogP contribution in [0, 0.1) is 0 Å². The molecule has 0 aromatic heterocycles. The predicted molar refractivity (Wildman–Crippen MR) is 202 cm³/mol. The molecule has 0 saturated carbocycles. The van der Waals surface area contributed by atoms with Crippen LogP contribution >= 0.6 is 28.6 Å². The van der Waals surface area contributed by atoms with Gasteiger partial charge < -0.3 is 18.3 Å². The van der Waals surface area contributed by atoms with E-state index in [1.165, 1.54) is 0 Å². The molecule has 0 heterocycles. The van der Waals surface area contributed by atoms with Gasteiger partial charge in [-0.2, -0.15) is 0 Å². The summed E-state index contributed by atoms with van der Waals surface area (Å²) in [5, 5.41) is 1.98. The minimum atomic E-state index is -2.41. The lowest BCUT2D eigenvalue weighted by atomic mass is 10.4. The monoisotopic (exact) mass is 674 g/mol.